The van der Waals surface area contributed by atoms with Gasteiger partial charge in [0, 0.05) is 19.4 Å². The van der Waals surface area contributed by atoms with Gasteiger partial charge in [-0.25, -0.2) is 4.79 Å². The van der Waals surface area contributed by atoms with Crippen LogP contribution in [-0.4, -0.2) is 47.5 Å². The Labute approximate surface area is 212 Å². The molecular weight excluding hydrogens is 463 g/mol. The normalized spacial score (nSPS) is 12.2. The summed E-state index contributed by atoms with van der Waals surface area (Å²) < 4.78 is 5.35. The van der Waals surface area contributed by atoms with Crippen LogP contribution in [0.5, 0.6) is 0 Å². The average Bonchev–Trinajstić information content (AvgIpc) is 2.86. The van der Waals surface area contributed by atoms with Crippen molar-refractivity contribution in [2.75, 3.05) is 24.6 Å². The molecule has 0 unspecified atom stereocenters. The third-order valence-corrected chi connectivity index (χ3v) is 11.3. The minimum absolute atomic E-state index is 0.00104. The standard InChI is InChI=1S/C27H45N2O5P/c1-5-9-13-25(28-27(31)34-21-23-14-16-24(17-15-23)29(32)33)26(30)22-35(18-10-6-2,19-11-7-3)20-12-8-4/h14-17,25H,5-13,18-22H2,1-4H3/p+1/t25-/m0/s1. The number of nitrogens with zero attached hydrogens (tertiary/aromatic N) is 1. The van der Waals surface area contributed by atoms with Crippen LogP contribution in [0.15, 0.2) is 24.3 Å². The van der Waals surface area contributed by atoms with Crippen LogP contribution in [-0.2, 0) is 16.1 Å². The summed E-state index contributed by atoms with van der Waals surface area (Å²) in [6.45, 7) is 8.71. The Morgan fingerprint density at radius 2 is 1.43 bits per heavy atom. The van der Waals surface area contributed by atoms with Crippen LogP contribution in [0.4, 0.5) is 10.5 Å². The molecule has 0 aliphatic heterocycles. The average molecular weight is 510 g/mol. The molecule has 0 aliphatic carbocycles. The lowest BCUT2D eigenvalue weighted by atomic mass is 10.1. The van der Waals surface area contributed by atoms with Crippen molar-refractivity contribution in [3.63, 3.8) is 0 Å². The van der Waals surface area contributed by atoms with Crippen LogP contribution < -0.4 is 5.32 Å². The number of nitro benzene ring substituents is 1. The first kappa shape index (κ1) is 31.0. The number of unbranched alkanes of at least 4 members (excludes halogenated alkanes) is 4. The summed E-state index contributed by atoms with van der Waals surface area (Å²) in [5.41, 5.74) is 0.648. The Morgan fingerprint density at radius 1 is 0.914 bits per heavy atom. The van der Waals surface area contributed by atoms with E-state index in [2.05, 4.69) is 33.0 Å². The molecule has 1 amide bonds. The molecule has 0 radical (unpaired) electrons. The Balaban J connectivity index is 2.87. The fraction of sp³-hybridized carbons (Fsp3) is 0.704. The van der Waals surface area contributed by atoms with Gasteiger partial charge in [0.15, 0.2) is 5.78 Å². The molecule has 0 fully saturated rings. The molecule has 198 valence electrons. The van der Waals surface area contributed by atoms with Gasteiger partial charge in [0.25, 0.3) is 5.69 Å². The third-order valence-electron chi connectivity index (χ3n) is 6.49. The summed E-state index contributed by atoms with van der Waals surface area (Å²) in [6, 6.07) is 5.38. The van der Waals surface area contributed by atoms with Crippen molar-refractivity contribution in [3.05, 3.63) is 39.9 Å². The zero-order valence-electron chi connectivity index (χ0n) is 22.2. The Hall–Kier alpha value is -2.01. The first-order chi connectivity index (χ1) is 16.8. The van der Waals surface area contributed by atoms with Crippen molar-refractivity contribution in [2.24, 2.45) is 0 Å². The second-order valence-corrected chi connectivity index (χ2v) is 13.9. The highest BCUT2D eigenvalue weighted by Crippen LogP contribution is 2.60. The van der Waals surface area contributed by atoms with Crippen molar-refractivity contribution >= 4 is 24.8 Å². The molecule has 1 aromatic rings. The lowest BCUT2D eigenvalue weighted by Crippen LogP contribution is -2.43. The maximum atomic E-state index is 13.6. The van der Waals surface area contributed by atoms with E-state index in [1.54, 1.807) is 12.1 Å². The molecule has 1 rings (SSSR count). The molecule has 0 spiro atoms. The highest BCUT2D eigenvalue weighted by molar-refractivity contribution is 7.76. The maximum absolute atomic E-state index is 13.6. The van der Waals surface area contributed by atoms with Gasteiger partial charge >= 0.3 is 6.09 Å². The van der Waals surface area contributed by atoms with E-state index in [1.807, 2.05) is 0 Å². The van der Waals surface area contributed by atoms with Gasteiger partial charge in [0.1, 0.15) is 12.8 Å². The van der Waals surface area contributed by atoms with Crippen LogP contribution in [0.1, 0.15) is 91.0 Å². The number of ether oxygens (including phenoxy) is 1. The SMILES string of the molecule is CCCC[C@H](NC(=O)OCc1ccc([N+](=O)[O-])cc1)C(=O)C[P+](CCCC)(CCCC)CCCC. The first-order valence-corrected chi connectivity index (χ1v) is 15.9. The van der Waals surface area contributed by atoms with Gasteiger partial charge in [-0.3, -0.25) is 14.9 Å². The summed E-state index contributed by atoms with van der Waals surface area (Å²) in [4.78, 5) is 36.5. The van der Waals surface area contributed by atoms with Crippen molar-refractivity contribution in [1.82, 2.24) is 5.32 Å². The van der Waals surface area contributed by atoms with Gasteiger partial charge < -0.3 is 10.1 Å². The Kier molecular flexibility index (Phi) is 15.4. The molecule has 0 aromatic heterocycles. The molecule has 1 aromatic carbocycles. The first-order valence-electron chi connectivity index (χ1n) is 13.3. The molecule has 0 aliphatic rings. The number of non-ortho nitro benzene ring substituents is 1. The molecule has 0 saturated carbocycles. The van der Waals surface area contributed by atoms with Gasteiger partial charge in [-0.1, -0.05) is 59.8 Å². The molecule has 1 atom stereocenters. The Morgan fingerprint density at radius 3 is 1.89 bits per heavy atom. The smallest absolute Gasteiger partial charge is 0.408 e. The number of Topliss-reactive ketones (excluding diaryl/α,β-unsaturated/α-hetero) is 1. The van der Waals surface area contributed by atoms with Crippen LogP contribution in [0.25, 0.3) is 0 Å². The lowest BCUT2D eigenvalue weighted by molar-refractivity contribution is -0.384. The van der Waals surface area contributed by atoms with Crippen molar-refractivity contribution in [3.8, 4) is 0 Å². The monoisotopic (exact) mass is 509 g/mol. The molecule has 8 heteroatoms. The molecule has 1 N–H and O–H groups in total. The largest absolute Gasteiger partial charge is 0.445 e. The summed E-state index contributed by atoms with van der Waals surface area (Å²) in [6.07, 6.45) is 12.9. The number of alkyl carbamates (subject to hydrolysis) is 1. The van der Waals surface area contributed by atoms with E-state index in [9.17, 15) is 19.7 Å². The van der Waals surface area contributed by atoms with Crippen molar-refractivity contribution < 1.29 is 19.2 Å². The fourth-order valence-corrected chi connectivity index (χ4v) is 9.25. The number of rotatable bonds is 19. The zero-order chi connectivity index (χ0) is 26.1. The van der Waals surface area contributed by atoms with E-state index in [4.69, 9.17) is 4.74 Å². The number of nitrogens with one attached hydrogen (secondary N) is 1. The van der Waals surface area contributed by atoms with Crippen LogP contribution in [0.3, 0.4) is 0 Å². The summed E-state index contributed by atoms with van der Waals surface area (Å²) >= 11 is 0. The minimum atomic E-state index is -1.40. The molecule has 35 heavy (non-hydrogen) atoms. The Bertz CT molecular complexity index is 748. The number of amides is 1. The van der Waals surface area contributed by atoms with E-state index < -0.39 is 24.3 Å². The number of nitro groups is 1. The van der Waals surface area contributed by atoms with Gasteiger partial charge in [0.2, 0.25) is 0 Å². The number of hydrogen-bond acceptors (Lipinski definition) is 5. The fourth-order valence-electron chi connectivity index (χ4n) is 4.26. The second kappa shape index (κ2) is 17.4. The van der Waals surface area contributed by atoms with Crippen LogP contribution >= 0.6 is 7.26 Å². The summed E-state index contributed by atoms with van der Waals surface area (Å²) in [5.74, 6) is 0.155. The number of carbonyl (C=O) groups excluding carboxylic acids is 2. The highest BCUT2D eigenvalue weighted by atomic mass is 31.2. The predicted molar refractivity (Wildman–Crippen MR) is 146 cm³/mol. The molecular formula is C27H46N2O5P+. The van der Waals surface area contributed by atoms with Crippen molar-refractivity contribution in [1.29, 1.82) is 0 Å². The van der Waals surface area contributed by atoms with E-state index in [0.29, 0.717) is 18.1 Å². The van der Waals surface area contributed by atoms with E-state index in [0.717, 1.165) is 32.1 Å². The summed E-state index contributed by atoms with van der Waals surface area (Å²) in [5, 5.41) is 13.6. The van der Waals surface area contributed by atoms with E-state index in [1.165, 1.54) is 49.9 Å². The lowest BCUT2D eigenvalue weighted by Gasteiger charge is -2.29. The summed E-state index contributed by atoms with van der Waals surface area (Å²) in [7, 11) is -1.40. The van der Waals surface area contributed by atoms with E-state index >= 15 is 0 Å². The van der Waals surface area contributed by atoms with Gasteiger partial charge in [-0.15, -0.1) is 0 Å². The zero-order valence-corrected chi connectivity index (χ0v) is 23.1. The molecule has 0 bridgehead atoms. The minimum Gasteiger partial charge on any atom is -0.445 e. The third kappa shape index (κ3) is 12.0. The maximum Gasteiger partial charge on any atom is 0.408 e. The number of hydrogen-bond donors (Lipinski definition) is 1. The van der Waals surface area contributed by atoms with Crippen molar-refractivity contribution in [2.45, 2.75) is 98.1 Å². The number of carbonyl (C=O) groups is 2. The van der Waals surface area contributed by atoms with Crippen LogP contribution in [0.2, 0.25) is 0 Å². The topological polar surface area (TPSA) is 98.5 Å². The number of ketones is 1. The highest BCUT2D eigenvalue weighted by Gasteiger charge is 2.40. The van der Waals surface area contributed by atoms with Crippen LogP contribution in [0, 0.1) is 10.1 Å². The second-order valence-electron chi connectivity index (χ2n) is 9.54. The van der Waals surface area contributed by atoms with Gasteiger partial charge in [-0.05, 0) is 43.4 Å². The van der Waals surface area contributed by atoms with Gasteiger partial charge in [0.05, 0.1) is 29.5 Å². The molecule has 0 heterocycles. The van der Waals surface area contributed by atoms with Gasteiger partial charge in [-0.2, -0.15) is 0 Å². The quantitative estimate of drug-likeness (QED) is 0.119. The molecule has 0 saturated heterocycles. The molecule has 7 nitrogen and oxygen atoms in total. The van der Waals surface area contributed by atoms with E-state index in [-0.39, 0.29) is 18.1 Å². The number of benzene rings is 1. The predicted octanol–water partition coefficient (Wildman–Crippen LogP) is 7.37.